The van der Waals surface area contributed by atoms with Crippen LogP contribution in [0.2, 0.25) is 0 Å². The Hall–Kier alpha value is -2.35. The van der Waals surface area contributed by atoms with Crippen LogP contribution in [0.25, 0.3) is 11.1 Å². The first-order valence-corrected chi connectivity index (χ1v) is 7.94. The van der Waals surface area contributed by atoms with Crippen LogP contribution in [0.5, 0.6) is 0 Å². The van der Waals surface area contributed by atoms with Crippen LogP contribution >= 0.6 is 12.2 Å². The van der Waals surface area contributed by atoms with E-state index >= 15 is 0 Å². The van der Waals surface area contributed by atoms with Crippen molar-refractivity contribution >= 4 is 35.3 Å². The molecule has 3 N–H and O–H groups in total. The fourth-order valence-corrected chi connectivity index (χ4v) is 2.88. The molecule has 122 valence electrons. The quantitative estimate of drug-likeness (QED) is 0.749. The first-order chi connectivity index (χ1) is 11.1. The van der Waals surface area contributed by atoms with Gasteiger partial charge in [0, 0.05) is 31.2 Å². The summed E-state index contributed by atoms with van der Waals surface area (Å²) in [6, 6.07) is 5.01. The Morgan fingerprint density at radius 1 is 1.48 bits per heavy atom. The van der Waals surface area contributed by atoms with E-state index in [0.29, 0.717) is 30.8 Å². The summed E-state index contributed by atoms with van der Waals surface area (Å²) in [6.07, 6.45) is 0.746. The highest BCUT2D eigenvalue weighted by atomic mass is 32.1. The number of urea groups is 1. The number of hydrogen-bond acceptors (Lipinski definition) is 4. The van der Waals surface area contributed by atoms with Gasteiger partial charge in [0.25, 0.3) is 10.7 Å². The highest BCUT2D eigenvalue weighted by Gasteiger charge is 2.27. The number of aromatic nitrogens is 1. The molecule has 1 aromatic heterocycles. The molecule has 3 amide bonds. The van der Waals surface area contributed by atoms with E-state index in [9.17, 15) is 9.59 Å². The number of rotatable bonds is 3. The van der Waals surface area contributed by atoms with Crippen LogP contribution in [0.3, 0.4) is 0 Å². The fraction of sp³-hybridized carbons (Fsp3) is 0.400. The number of benzene rings is 1. The van der Waals surface area contributed by atoms with Crippen LogP contribution in [0.15, 0.2) is 22.6 Å². The molecule has 1 unspecified atom stereocenters. The Morgan fingerprint density at radius 3 is 3.09 bits per heavy atom. The average Bonchev–Trinajstić information content (AvgIpc) is 3.12. The predicted molar refractivity (Wildman–Crippen MR) is 87.9 cm³/mol. The fourth-order valence-electron chi connectivity index (χ4n) is 2.68. The summed E-state index contributed by atoms with van der Waals surface area (Å²) >= 11 is 4.93. The molecular weight excluding hydrogens is 316 g/mol. The highest BCUT2D eigenvalue weighted by molar-refractivity contribution is 7.71. The number of hydrogen-bond donors (Lipinski definition) is 3. The van der Waals surface area contributed by atoms with Crippen molar-refractivity contribution in [2.45, 2.75) is 19.4 Å². The molecule has 8 heteroatoms. The summed E-state index contributed by atoms with van der Waals surface area (Å²) in [5, 5.41) is 5.72. The minimum absolute atomic E-state index is 0.0431. The molecule has 1 aromatic carbocycles. The van der Waals surface area contributed by atoms with Crippen LogP contribution in [0.1, 0.15) is 23.7 Å². The first-order valence-electron chi connectivity index (χ1n) is 7.53. The van der Waals surface area contributed by atoms with Gasteiger partial charge in [0.15, 0.2) is 5.58 Å². The number of aromatic amines is 1. The van der Waals surface area contributed by atoms with Gasteiger partial charge in [-0.25, -0.2) is 4.79 Å². The smallest absolute Gasteiger partial charge is 0.317 e. The Kier molecular flexibility index (Phi) is 4.33. The second-order valence-corrected chi connectivity index (χ2v) is 5.84. The van der Waals surface area contributed by atoms with E-state index in [1.165, 1.54) is 0 Å². The van der Waals surface area contributed by atoms with Gasteiger partial charge in [0.05, 0.1) is 5.52 Å². The van der Waals surface area contributed by atoms with Crippen LogP contribution in [0, 0.1) is 4.84 Å². The van der Waals surface area contributed by atoms with Crippen molar-refractivity contribution in [1.29, 1.82) is 0 Å². The van der Waals surface area contributed by atoms with E-state index in [4.69, 9.17) is 16.6 Å². The second kappa shape index (κ2) is 6.41. The summed E-state index contributed by atoms with van der Waals surface area (Å²) in [5.74, 6) is -0.183. The summed E-state index contributed by atoms with van der Waals surface area (Å²) < 4.78 is 5.32. The van der Waals surface area contributed by atoms with E-state index in [2.05, 4.69) is 15.6 Å². The molecule has 1 aliphatic rings. The van der Waals surface area contributed by atoms with Gasteiger partial charge in [-0.1, -0.05) is 0 Å². The molecule has 0 aliphatic carbocycles. The maximum absolute atomic E-state index is 12.3. The van der Waals surface area contributed by atoms with Gasteiger partial charge in [0.2, 0.25) is 0 Å². The number of oxazole rings is 1. The maximum Gasteiger partial charge on any atom is 0.317 e. The molecule has 2 heterocycles. The van der Waals surface area contributed by atoms with E-state index < -0.39 is 0 Å². The van der Waals surface area contributed by atoms with Gasteiger partial charge in [-0.3, -0.25) is 4.79 Å². The number of carbonyl (C=O) groups excluding carboxylic acids is 2. The molecule has 0 spiro atoms. The van der Waals surface area contributed by atoms with E-state index in [0.717, 1.165) is 11.9 Å². The van der Waals surface area contributed by atoms with Crippen LogP contribution < -0.4 is 10.6 Å². The number of nitrogens with zero attached hydrogens (tertiary/aromatic N) is 1. The largest absolute Gasteiger partial charge is 0.429 e. The van der Waals surface area contributed by atoms with E-state index in [1.807, 2.05) is 6.92 Å². The number of likely N-dealkylation sites (tertiary alicyclic amines) is 1. The molecule has 3 rings (SSSR count). The normalized spacial score (nSPS) is 17.4. The van der Waals surface area contributed by atoms with E-state index in [-0.39, 0.29) is 22.8 Å². The predicted octanol–water partition coefficient (Wildman–Crippen LogP) is 2.02. The van der Waals surface area contributed by atoms with Crippen molar-refractivity contribution in [2.24, 2.45) is 0 Å². The SMILES string of the molecule is CCNC(=O)N1CCC(NC(=O)c2ccc3[nH]c(=S)oc3c2)C1. The topological polar surface area (TPSA) is 90.4 Å². The van der Waals surface area contributed by atoms with Gasteiger partial charge < -0.3 is 24.9 Å². The van der Waals surface area contributed by atoms with Gasteiger partial charge in [-0.05, 0) is 43.8 Å². The monoisotopic (exact) mass is 334 g/mol. The minimum Gasteiger partial charge on any atom is -0.429 e. The molecule has 23 heavy (non-hydrogen) atoms. The zero-order valence-electron chi connectivity index (χ0n) is 12.7. The third-order valence-corrected chi connectivity index (χ3v) is 4.01. The first kappa shape index (κ1) is 15.5. The molecule has 1 aliphatic heterocycles. The van der Waals surface area contributed by atoms with Crippen molar-refractivity contribution < 1.29 is 14.0 Å². The Bertz CT molecular complexity index is 797. The van der Waals surface area contributed by atoms with Crippen molar-refractivity contribution in [1.82, 2.24) is 20.5 Å². The van der Waals surface area contributed by atoms with Crippen LogP contribution in [0.4, 0.5) is 4.79 Å². The molecule has 1 atom stereocenters. The molecule has 2 aromatic rings. The summed E-state index contributed by atoms with van der Waals surface area (Å²) in [7, 11) is 0. The summed E-state index contributed by atoms with van der Waals surface area (Å²) in [6.45, 7) is 3.63. The van der Waals surface area contributed by atoms with Crippen LogP contribution in [-0.4, -0.2) is 47.5 Å². The average molecular weight is 334 g/mol. The van der Waals surface area contributed by atoms with Crippen molar-refractivity contribution in [3.63, 3.8) is 0 Å². The van der Waals surface area contributed by atoms with E-state index in [1.54, 1.807) is 23.1 Å². The molecule has 0 saturated carbocycles. The highest BCUT2D eigenvalue weighted by Crippen LogP contribution is 2.16. The standard InChI is InChI=1S/C15H18N4O3S/c1-2-16-14(21)19-6-5-10(8-19)17-13(20)9-3-4-11-12(7-9)22-15(23)18-11/h3-4,7,10H,2,5-6,8H2,1H3,(H,16,21)(H,17,20)(H,18,23). The molecule has 0 radical (unpaired) electrons. The number of carbonyl (C=O) groups is 2. The lowest BCUT2D eigenvalue weighted by atomic mass is 10.1. The minimum atomic E-state index is -0.183. The molecular formula is C15H18N4O3S. The number of amides is 3. The Labute approximate surface area is 138 Å². The zero-order valence-corrected chi connectivity index (χ0v) is 13.5. The lowest BCUT2D eigenvalue weighted by molar-refractivity contribution is 0.0938. The van der Waals surface area contributed by atoms with Crippen molar-refractivity contribution in [3.8, 4) is 0 Å². The lowest BCUT2D eigenvalue weighted by Gasteiger charge is -2.17. The Morgan fingerprint density at radius 2 is 2.30 bits per heavy atom. The Balaban J connectivity index is 1.64. The lowest BCUT2D eigenvalue weighted by Crippen LogP contribution is -2.42. The van der Waals surface area contributed by atoms with Gasteiger partial charge in [0.1, 0.15) is 0 Å². The molecule has 7 nitrogen and oxygen atoms in total. The summed E-state index contributed by atoms with van der Waals surface area (Å²) in [4.78, 5) is 29.0. The van der Waals surface area contributed by atoms with Crippen LogP contribution in [-0.2, 0) is 0 Å². The van der Waals surface area contributed by atoms with Gasteiger partial charge >= 0.3 is 6.03 Å². The zero-order chi connectivity index (χ0) is 16.4. The van der Waals surface area contributed by atoms with Gasteiger partial charge in [-0.15, -0.1) is 0 Å². The molecule has 1 fully saturated rings. The maximum atomic E-state index is 12.3. The molecule has 1 saturated heterocycles. The third kappa shape index (κ3) is 3.37. The second-order valence-electron chi connectivity index (χ2n) is 5.47. The van der Waals surface area contributed by atoms with Gasteiger partial charge in [-0.2, -0.15) is 0 Å². The molecule has 0 bridgehead atoms. The van der Waals surface area contributed by atoms with Crippen molar-refractivity contribution in [2.75, 3.05) is 19.6 Å². The summed E-state index contributed by atoms with van der Waals surface area (Å²) in [5.41, 5.74) is 1.82. The third-order valence-electron chi connectivity index (χ3n) is 3.82. The number of H-pyrrole nitrogens is 1. The number of fused-ring (bicyclic) bond motifs is 1. The number of nitrogens with one attached hydrogen (secondary N) is 3. The van der Waals surface area contributed by atoms with Crippen molar-refractivity contribution in [3.05, 3.63) is 28.6 Å².